The Bertz CT molecular complexity index is 535. The van der Waals surface area contributed by atoms with Crippen molar-refractivity contribution in [3.63, 3.8) is 0 Å². The molecule has 0 unspecified atom stereocenters. The lowest BCUT2D eigenvalue weighted by Crippen LogP contribution is -2.10. The number of nitrogen functional groups attached to an aromatic ring is 1. The molecule has 0 aromatic heterocycles. The number of ether oxygens (including phenoxy) is 1. The first-order chi connectivity index (χ1) is 8.16. The highest BCUT2D eigenvalue weighted by molar-refractivity contribution is 5.93. The van der Waals surface area contributed by atoms with E-state index in [4.69, 9.17) is 10.5 Å². The van der Waals surface area contributed by atoms with Crippen LogP contribution in [0.3, 0.4) is 0 Å². The summed E-state index contributed by atoms with van der Waals surface area (Å²) in [5.74, 6) is 0.169. The summed E-state index contributed by atoms with van der Waals surface area (Å²) in [6, 6.07) is 14.1. The van der Waals surface area contributed by atoms with Crippen LogP contribution in [0.4, 0.5) is 5.69 Å². The number of nitrogens with two attached hydrogens (primary N) is 1. The molecule has 0 saturated carbocycles. The summed E-state index contributed by atoms with van der Waals surface area (Å²) in [7, 11) is 0. The Morgan fingerprint density at radius 2 is 1.82 bits per heavy atom. The molecule has 0 aliphatic carbocycles. The number of esters is 1. The maximum atomic E-state index is 11.9. The minimum Gasteiger partial charge on any atom is -0.423 e. The number of aryl methyl sites for hydroxylation is 1. The highest BCUT2D eigenvalue weighted by Gasteiger charge is 2.11. The average molecular weight is 227 g/mol. The van der Waals surface area contributed by atoms with Crippen LogP contribution in [0.5, 0.6) is 5.75 Å². The van der Waals surface area contributed by atoms with Crippen molar-refractivity contribution >= 4 is 11.7 Å². The smallest absolute Gasteiger partial charge is 0.343 e. The highest BCUT2D eigenvalue weighted by Crippen LogP contribution is 2.16. The molecule has 0 radical (unpaired) electrons. The first-order valence-corrected chi connectivity index (χ1v) is 5.30. The van der Waals surface area contributed by atoms with Gasteiger partial charge in [-0.05, 0) is 42.8 Å². The Labute approximate surface area is 99.8 Å². The second kappa shape index (κ2) is 4.70. The van der Waals surface area contributed by atoms with Crippen molar-refractivity contribution in [2.24, 2.45) is 0 Å². The van der Waals surface area contributed by atoms with Crippen LogP contribution in [0.25, 0.3) is 0 Å². The number of carbonyl (C=O) groups is 1. The average Bonchev–Trinajstić information content (AvgIpc) is 2.30. The van der Waals surface area contributed by atoms with E-state index in [1.807, 2.05) is 25.1 Å². The van der Waals surface area contributed by atoms with Gasteiger partial charge in [0, 0.05) is 5.69 Å². The predicted molar refractivity (Wildman–Crippen MR) is 67.0 cm³/mol. The van der Waals surface area contributed by atoms with E-state index in [2.05, 4.69) is 0 Å². The molecule has 0 heterocycles. The van der Waals surface area contributed by atoms with Crippen LogP contribution in [-0.4, -0.2) is 5.97 Å². The molecular weight excluding hydrogens is 214 g/mol. The van der Waals surface area contributed by atoms with Gasteiger partial charge in [0.25, 0.3) is 0 Å². The van der Waals surface area contributed by atoms with Crippen LogP contribution in [-0.2, 0) is 0 Å². The normalized spacial score (nSPS) is 9.94. The quantitative estimate of drug-likeness (QED) is 0.487. The van der Waals surface area contributed by atoms with Gasteiger partial charge in [0.05, 0.1) is 5.56 Å². The second-order valence-corrected chi connectivity index (χ2v) is 3.78. The van der Waals surface area contributed by atoms with Gasteiger partial charge in [-0.15, -0.1) is 0 Å². The van der Waals surface area contributed by atoms with Crippen LogP contribution >= 0.6 is 0 Å². The Balaban J connectivity index is 2.21. The zero-order valence-corrected chi connectivity index (χ0v) is 9.51. The van der Waals surface area contributed by atoms with Gasteiger partial charge in [0.1, 0.15) is 5.75 Å². The van der Waals surface area contributed by atoms with Crippen molar-refractivity contribution < 1.29 is 9.53 Å². The SMILES string of the molecule is Cc1cc(N)ccc1C(=O)Oc1ccccc1. The number of benzene rings is 2. The Morgan fingerprint density at radius 1 is 1.12 bits per heavy atom. The lowest BCUT2D eigenvalue weighted by Gasteiger charge is -2.07. The van der Waals surface area contributed by atoms with Crippen LogP contribution in [0, 0.1) is 6.92 Å². The van der Waals surface area contributed by atoms with Crippen LogP contribution in [0.2, 0.25) is 0 Å². The number of para-hydroxylation sites is 1. The summed E-state index contributed by atoms with van der Waals surface area (Å²) in [6.07, 6.45) is 0. The molecule has 0 fully saturated rings. The molecule has 86 valence electrons. The lowest BCUT2D eigenvalue weighted by molar-refractivity contribution is 0.0734. The van der Waals surface area contributed by atoms with Crippen molar-refractivity contribution in [3.8, 4) is 5.75 Å². The van der Waals surface area contributed by atoms with Crippen LogP contribution in [0.15, 0.2) is 48.5 Å². The number of anilines is 1. The molecule has 0 amide bonds. The van der Waals surface area contributed by atoms with E-state index in [1.165, 1.54) is 0 Å². The van der Waals surface area contributed by atoms with Gasteiger partial charge in [-0.3, -0.25) is 0 Å². The molecule has 2 aromatic carbocycles. The monoisotopic (exact) mass is 227 g/mol. The molecule has 0 spiro atoms. The zero-order chi connectivity index (χ0) is 12.3. The fourth-order valence-corrected chi connectivity index (χ4v) is 1.57. The standard InChI is InChI=1S/C14H13NO2/c1-10-9-11(15)7-8-13(10)14(16)17-12-5-3-2-4-6-12/h2-9H,15H2,1H3. The molecule has 0 atom stereocenters. The number of carbonyl (C=O) groups excluding carboxylic acids is 1. The Kier molecular flexibility index (Phi) is 3.10. The van der Waals surface area contributed by atoms with E-state index in [0.717, 1.165) is 5.56 Å². The summed E-state index contributed by atoms with van der Waals surface area (Å²) in [5, 5.41) is 0. The van der Waals surface area contributed by atoms with E-state index < -0.39 is 0 Å². The molecule has 0 saturated heterocycles. The van der Waals surface area contributed by atoms with E-state index in [1.54, 1.807) is 30.3 Å². The largest absolute Gasteiger partial charge is 0.423 e. The van der Waals surface area contributed by atoms with Crippen molar-refractivity contribution in [1.82, 2.24) is 0 Å². The van der Waals surface area contributed by atoms with Gasteiger partial charge in [0.15, 0.2) is 0 Å². The predicted octanol–water partition coefficient (Wildman–Crippen LogP) is 2.80. The summed E-state index contributed by atoms with van der Waals surface area (Å²) in [6.45, 7) is 1.83. The first-order valence-electron chi connectivity index (χ1n) is 5.30. The maximum Gasteiger partial charge on any atom is 0.343 e. The minimum absolute atomic E-state index is 0.367. The maximum absolute atomic E-state index is 11.9. The second-order valence-electron chi connectivity index (χ2n) is 3.78. The van der Waals surface area contributed by atoms with Crippen molar-refractivity contribution in [1.29, 1.82) is 0 Å². The molecule has 2 N–H and O–H groups in total. The molecule has 0 bridgehead atoms. The number of hydrogen-bond donors (Lipinski definition) is 1. The number of rotatable bonds is 2. The third kappa shape index (κ3) is 2.64. The lowest BCUT2D eigenvalue weighted by atomic mass is 10.1. The third-order valence-corrected chi connectivity index (χ3v) is 2.42. The molecule has 0 aliphatic heterocycles. The van der Waals surface area contributed by atoms with Crippen LogP contribution < -0.4 is 10.5 Å². The van der Waals surface area contributed by atoms with Gasteiger partial charge in [-0.25, -0.2) is 4.79 Å². The van der Waals surface area contributed by atoms with E-state index in [0.29, 0.717) is 17.0 Å². The van der Waals surface area contributed by atoms with Gasteiger partial charge in [-0.2, -0.15) is 0 Å². The Morgan fingerprint density at radius 3 is 2.47 bits per heavy atom. The van der Waals surface area contributed by atoms with Gasteiger partial charge in [-0.1, -0.05) is 18.2 Å². The molecule has 0 aliphatic rings. The molecular formula is C14H13NO2. The van der Waals surface area contributed by atoms with Gasteiger partial charge < -0.3 is 10.5 Å². The topological polar surface area (TPSA) is 52.3 Å². The molecule has 2 aromatic rings. The van der Waals surface area contributed by atoms with Crippen molar-refractivity contribution in [2.45, 2.75) is 6.92 Å². The van der Waals surface area contributed by atoms with Crippen LogP contribution in [0.1, 0.15) is 15.9 Å². The minimum atomic E-state index is -0.367. The summed E-state index contributed by atoms with van der Waals surface area (Å²) in [4.78, 5) is 11.9. The van der Waals surface area contributed by atoms with E-state index in [-0.39, 0.29) is 5.97 Å². The summed E-state index contributed by atoms with van der Waals surface area (Å²) in [5.41, 5.74) is 7.61. The fraction of sp³-hybridized carbons (Fsp3) is 0.0714. The molecule has 17 heavy (non-hydrogen) atoms. The van der Waals surface area contributed by atoms with E-state index >= 15 is 0 Å². The zero-order valence-electron chi connectivity index (χ0n) is 9.51. The van der Waals surface area contributed by atoms with Crippen molar-refractivity contribution in [3.05, 3.63) is 59.7 Å². The molecule has 3 heteroatoms. The van der Waals surface area contributed by atoms with E-state index in [9.17, 15) is 4.79 Å². The van der Waals surface area contributed by atoms with Gasteiger partial charge >= 0.3 is 5.97 Å². The molecule has 3 nitrogen and oxygen atoms in total. The number of hydrogen-bond acceptors (Lipinski definition) is 3. The fourth-order valence-electron chi connectivity index (χ4n) is 1.57. The third-order valence-electron chi connectivity index (χ3n) is 2.42. The molecule has 2 rings (SSSR count). The van der Waals surface area contributed by atoms with Gasteiger partial charge in [0.2, 0.25) is 0 Å². The Hall–Kier alpha value is -2.29. The summed E-state index contributed by atoms with van der Waals surface area (Å²) < 4.78 is 5.24. The first kappa shape index (κ1) is 11.2. The summed E-state index contributed by atoms with van der Waals surface area (Å²) >= 11 is 0. The van der Waals surface area contributed by atoms with Crippen molar-refractivity contribution in [2.75, 3.05) is 5.73 Å². The highest BCUT2D eigenvalue weighted by atomic mass is 16.5.